The van der Waals surface area contributed by atoms with Gasteiger partial charge < -0.3 is 9.64 Å². The quantitative estimate of drug-likeness (QED) is 0.723. The average Bonchev–Trinajstić information content (AvgIpc) is 3.54. The number of ether oxygens (including phenoxy) is 1. The van der Waals surface area contributed by atoms with Gasteiger partial charge in [-0.3, -0.25) is 4.79 Å². The fraction of sp³-hybridized carbons (Fsp3) is 0.650. The van der Waals surface area contributed by atoms with Crippen molar-refractivity contribution < 1.29 is 26.7 Å². The second-order valence-electron chi connectivity index (χ2n) is 8.07. The molecule has 9 heteroatoms. The number of carbonyl (C=O) groups is 1. The topological polar surface area (TPSA) is 66.9 Å². The van der Waals surface area contributed by atoms with Crippen molar-refractivity contribution >= 4 is 15.9 Å². The fourth-order valence-electron chi connectivity index (χ4n) is 4.35. The minimum absolute atomic E-state index is 0.0179. The largest absolute Gasteiger partial charge is 0.381 e. The van der Waals surface area contributed by atoms with E-state index in [2.05, 4.69) is 0 Å². The number of halogens is 2. The molecule has 3 fully saturated rings. The number of sulfonamides is 1. The first-order chi connectivity index (χ1) is 13.9. The fourth-order valence-corrected chi connectivity index (χ4v) is 5.86. The predicted octanol–water partition coefficient (Wildman–Crippen LogP) is 2.54. The summed E-state index contributed by atoms with van der Waals surface area (Å²) in [5.74, 6) is -1.61. The zero-order valence-corrected chi connectivity index (χ0v) is 17.0. The zero-order chi connectivity index (χ0) is 20.6. The van der Waals surface area contributed by atoms with E-state index in [-0.39, 0.29) is 37.0 Å². The van der Waals surface area contributed by atoms with Crippen molar-refractivity contribution in [3.8, 4) is 0 Å². The third-order valence-corrected chi connectivity index (χ3v) is 8.03. The minimum Gasteiger partial charge on any atom is -0.381 e. The van der Waals surface area contributed by atoms with Gasteiger partial charge in [-0.1, -0.05) is 0 Å². The molecule has 6 nitrogen and oxygen atoms in total. The molecule has 1 aromatic carbocycles. The van der Waals surface area contributed by atoms with E-state index in [0.717, 1.165) is 37.8 Å². The van der Waals surface area contributed by atoms with Crippen LogP contribution >= 0.6 is 0 Å². The van der Waals surface area contributed by atoms with Crippen molar-refractivity contribution in [3.05, 3.63) is 29.8 Å². The summed E-state index contributed by atoms with van der Waals surface area (Å²) in [4.78, 5) is 14.4. The van der Waals surface area contributed by atoms with Crippen LogP contribution in [0, 0.1) is 17.6 Å². The van der Waals surface area contributed by atoms with Crippen molar-refractivity contribution in [1.82, 2.24) is 9.21 Å². The number of piperidine rings is 1. The van der Waals surface area contributed by atoms with Gasteiger partial charge in [0.15, 0.2) is 0 Å². The van der Waals surface area contributed by atoms with Gasteiger partial charge in [-0.2, -0.15) is 4.31 Å². The van der Waals surface area contributed by atoms with Gasteiger partial charge in [-0.05, 0) is 50.7 Å². The molecule has 1 amide bonds. The Morgan fingerprint density at radius 2 is 1.62 bits per heavy atom. The third-order valence-electron chi connectivity index (χ3n) is 6.09. The highest BCUT2D eigenvalue weighted by Gasteiger charge is 2.42. The SMILES string of the molecule is O=C(C1CC1)N(C1CCOCC1)C1CCN(S(=O)(=O)c2ccc(F)cc2F)CC1. The summed E-state index contributed by atoms with van der Waals surface area (Å²) in [6, 6.07) is 2.62. The first kappa shape index (κ1) is 20.7. The summed E-state index contributed by atoms with van der Waals surface area (Å²) in [5, 5.41) is 0. The Hall–Kier alpha value is -1.58. The van der Waals surface area contributed by atoms with E-state index in [1.165, 1.54) is 4.31 Å². The van der Waals surface area contributed by atoms with E-state index in [0.29, 0.717) is 32.1 Å². The van der Waals surface area contributed by atoms with Gasteiger partial charge in [0.05, 0.1) is 0 Å². The van der Waals surface area contributed by atoms with Crippen LogP contribution in [0.15, 0.2) is 23.1 Å². The third kappa shape index (κ3) is 4.32. The van der Waals surface area contributed by atoms with Crippen LogP contribution in [0.5, 0.6) is 0 Å². The second-order valence-corrected chi connectivity index (χ2v) is 9.98. The Labute approximate surface area is 169 Å². The summed E-state index contributed by atoms with van der Waals surface area (Å²) in [6.07, 6.45) is 4.48. The van der Waals surface area contributed by atoms with Crippen molar-refractivity contribution in [2.45, 2.75) is 55.5 Å². The zero-order valence-electron chi connectivity index (χ0n) is 16.2. The van der Waals surface area contributed by atoms with Crippen LogP contribution in [0.3, 0.4) is 0 Å². The van der Waals surface area contributed by atoms with Crippen LogP contribution in [0.1, 0.15) is 38.5 Å². The van der Waals surface area contributed by atoms with Crippen molar-refractivity contribution in [3.63, 3.8) is 0 Å². The standard InChI is InChI=1S/C20H26F2N2O4S/c21-15-3-4-19(18(22)13-15)29(26,27)23-9-5-16(6-10-23)24(20(25)14-1-2-14)17-7-11-28-12-8-17/h3-4,13-14,16-17H,1-2,5-12H2. The molecule has 3 aliphatic rings. The summed E-state index contributed by atoms with van der Waals surface area (Å²) >= 11 is 0. The second kappa shape index (κ2) is 8.28. The molecule has 0 radical (unpaired) electrons. The molecule has 0 spiro atoms. The first-order valence-electron chi connectivity index (χ1n) is 10.2. The van der Waals surface area contributed by atoms with E-state index < -0.39 is 26.6 Å². The molecule has 2 aliphatic heterocycles. The van der Waals surface area contributed by atoms with Gasteiger partial charge in [-0.15, -0.1) is 0 Å². The summed E-state index contributed by atoms with van der Waals surface area (Å²) in [7, 11) is -4.04. The smallest absolute Gasteiger partial charge is 0.245 e. The van der Waals surface area contributed by atoms with Crippen LogP contribution in [-0.4, -0.2) is 61.9 Å². The molecule has 29 heavy (non-hydrogen) atoms. The molecular formula is C20H26F2N2O4S. The maximum atomic E-state index is 14.0. The molecule has 160 valence electrons. The summed E-state index contributed by atoms with van der Waals surface area (Å²) in [6.45, 7) is 1.69. The lowest BCUT2D eigenvalue weighted by atomic mass is 9.98. The molecule has 0 unspecified atom stereocenters. The van der Waals surface area contributed by atoms with Crippen LogP contribution in [-0.2, 0) is 19.6 Å². The highest BCUT2D eigenvalue weighted by atomic mass is 32.2. The molecule has 1 saturated carbocycles. The van der Waals surface area contributed by atoms with Gasteiger partial charge in [-0.25, -0.2) is 17.2 Å². The lowest BCUT2D eigenvalue weighted by molar-refractivity contribution is -0.141. The molecule has 0 N–H and O–H groups in total. The van der Waals surface area contributed by atoms with Gasteiger partial charge in [0, 0.05) is 50.4 Å². The summed E-state index contributed by atoms with van der Waals surface area (Å²) < 4.78 is 59.5. The molecule has 1 aromatic rings. The highest BCUT2D eigenvalue weighted by molar-refractivity contribution is 7.89. The van der Waals surface area contributed by atoms with Crippen molar-refractivity contribution in [2.75, 3.05) is 26.3 Å². The number of carbonyl (C=O) groups excluding carboxylic acids is 1. The highest BCUT2D eigenvalue weighted by Crippen LogP contribution is 2.36. The van der Waals surface area contributed by atoms with Crippen LogP contribution in [0.25, 0.3) is 0 Å². The number of hydrogen-bond acceptors (Lipinski definition) is 4. The van der Waals surface area contributed by atoms with Gasteiger partial charge in [0.2, 0.25) is 15.9 Å². The van der Waals surface area contributed by atoms with E-state index in [4.69, 9.17) is 4.74 Å². The van der Waals surface area contributed by atoms with Gasteiger partial charge >= 0.3 is 0 Å². The number of amides is 1. The first-order valence-corrected chi connectivity index (χ1v) is 11.7. The molecule has 2 saturated heterocycles. The number of rotatable bonds is 5. The van der Waals surface area contributed by atoms with E-state index >= 15 is 0 Å². The maximum absolute atomic E-state index is 14.0. The average molecular weight is 429 g/mol. The van der Waals surface area contributed by atoms with E-state index in [9.17, 15) is 22.0 Å². The lowest BCUT2D eigenvalue weighted by Crippen LogP contribution is -2.54. The van der Waals surface area contributed by atoms with Crippen LogP contribution in [0.4, 0.5) is 8.78 Å². The molecule has 1 aliphatic carbocycles. The predicted molar refractivity (Wildman–Crippen MR) is 102 cm³/mol. The van der Waals surface area contributed by atoms with E-state index in [1.807, 2.05) is 4.90 Å². The van der Waals surface area contributed by atoms with Gasteiger partial charge in [0.25, 0.3) is 0 Å². The summed E-state index contributed by atoms with van der Waals surface area (Å²) in [5.41, 5.74) is 0. The molecule has 0 atom stereocenters. The Morgan fingerprint density at radius 1 is 1.00 bits per heavy atom. The Kier molecular flexibility index (Phi) is 5.90. The Bertz CT molecular complexity index is 861. The molecule has 4 rings (SSSR count). The van der Waals surface area contributed by atoms with Crippen LogP contribution in [0.2, 0.25) is 0 Å². The molecular weight excluding hydrogens is 402 g/mol. The van der Waals surface area contributed by atoms with Crippen LogP contribution < -0.4 is 0 Å². The number of hydrogen-bond donors (Lipinski definition) is 0. The lowest BCUT2D eigenvalue weighted by Gasteiger charge is -2.43. The number of nitrogens with zero attached hydrogens (tertiary/aromatic N) is 2. The minimum atomic E-state index is -4.04. The molecule has 0 bridgehead atoms. The molecule has 0 aromatic heterocycles. The Morgan fingerprint density at radius 3 is 2.21 bits per heavy atom. The monoisotopic (exact) mass is 428 g/mol. The van der Waals surface area contributed by atoms with E-state index in [1.54, 1.807) is 0 Å². The number of benzene rings is 1. The maximum Gasteiger partial charge on any atom is 0.245 e. The van der Waals surface area contributed by atoms with Crippen molar-refractivity contribution in [2.24, 2.45) is 5.92 Å². The Balaban J connectivity index is 1.47. The molecule has 2 heterocycles. The van der Waals surface area contributed by atoms with Gasteiger partial charge in [0.1, 0.15) is 16.5 Å². The van der Waals surface area contributed by atoms with Crippen molar-refractivity contribution in [1.29, 1.82) is 0 Å². The normalized spacial score (nSPS) is 22.6.